The zero-order valence-electron chi connectivity index (χ0n) is 18.7. The lowest BCUT2D eigenvalue weighted by atomic mass is 10.0. The Morgan fingerprint density at radius 3 is 2.56 bits per heavy atom. The fourth-order valence-corrected chi connectivity index (χ4v) is 3.78. The van der Waals surface area contributed by atoms with Crippen LogP contribution in [0, 0.1) is 0 Å². The molecule has 1 aliphatic rings. The van der Waals surface area contributed by atoms with Crippen molar-refractivity contribution >= 4 is 11.8 Å². The zero-order chi connectivity index (χ0) is 25.9. The first-order chi connectivity index (χ1) is 17.1. The van der Waals surface area contributed by atoms with Gasteiger partial charge in [0.15, 0.2) is 11.9 Å². The highest BCUT2D eigenvalue weighted by molar-refractivity contribution is 5.96. The van der Waals surface area contributed by atoms with Gasteiger partial charge in [0.2, 0.25) is 5.91 Å². The van der Waals surface area contributed by atoms with Crippen molar-refractivity contribution in [3.05, 3.63) is 60.0 Å². The van der Waals surface area contributed by atoms with Crippen molar-refractivity contribution < 1.29 is 36.6 Å². The number of piperidine rings is 1. The molecule has 2 amide bonds. The highest BCUT2D eigenvalue weighted by Crippen LogP contribution is 2.28. The fraction of sp³-hybridized carbons (Fsp3) is 0.304. The van der Waals surface area contributed by atoms with Gasteiger partial charge < -0.3 is 20.1 Å². The number of nitrogens with zero attached hydrogens (tertiary/aromatic N) is 3. The first-order valence-corrected chi connectivity index (χ1v) is 10.8. The summed E-state index contributed by atoms with van der Waals surface area (Å²) in [6, 6.07) is 6.33. The fourth-order valence-electron chi connectivity index (χ4n) is 3.78. The summed E-state index contributed by atoms with van der Waals surface area (Å²) in [6.45, 7) is -0.0587. The number of H-pyrrole nitrogens is 1. The van der Waals surface area contributed by atoms with Crippen LogP contribution in [0.3, 0.4) is 0 Å². The maximum Gasteiger partial charge on any atom is 0.573 e. The molecule has 190 valence electrons. The predicted octanol–water partition coefficient (Wildman–Crippen LogP) is 3.03. The number of pyridine rings is 1. The molecule has 13 heteroatoms. The van der Waals surface area contributed by atoms with Crippen LogP contribution in [0.15, 0.2) is 48.9 Å². The maximum atomic E-state index is 14.9. The van der Waals surface area contributed by atoms with Crippen molar-refractivity contribution in [2.45, 2.75) is 31.5 Å². The van der Waals surface area contributed by atoms with Crippen LogP contribution >= 0.6 is 0 Å². The van der Waals surface area contributed by atoms with Crippen LogP contribution in [0.25, 0.3) is 11.3 Å². The minimum Gasteiger partial charge on any atom is -0.485 e. The number of amides is 2. The van der Waals surface area contributed by atoms with E-state index in [1.807, 2.05) is 0 Å². The normalized spacial score (nSPS) is 18.1. The molecule has 2 atom stereocenters. The SMILES string of the molecule is NC(=O)c1cc(-c2cn[nH]c2)ncc1OC1CCN(C(=O)Cc2ccc(OC(F)(F)F)cc2)CC1F. The molecule has 1 aliphatic heterocycles. The van der Waals surface area contributed by atoms with Crippen LogP contribution in [0.2, 0.25) is 0 Å². The van der Waals surface area contributed by atoms with Gasteiger partial charge in [-0.3, -0.25) is 19.7 Å². The van der Waals surface area contributed by atoms with Crippen LogP contribution in [0.4, 0.5) is 17.6 Å². The third-order valence-electron chi connectivity index (χ3n) is 5.55. The summed E-state index contributed by atoms with van der Waals surface area (Å²) in [5.74, 6) is -1.53. The number of ether oxygens (including phenoxy) is 2. The largest absolute Gasteiger partial charge is 0.573 e. The third-order valence-corrected chi connectivity index (χ3v) is 5.55. The van der Waals surface area contributed by atoms with E-state index in [2.05, 4.69) is 19.9 Å². The number of carbonyl (C=O) groups excluding carboxylic acids is 2. The van der Waals surface area contributed by atoms with Crippen molar-refractivity contribution in [3.8, 4) is 22.8 Å². The van der Waals surface area contributed by atoms with E-state index in [-0.39, 0.29) is 43.2 Å². The van der Waals surface area contributed by atoms with Crippen LogP contribution in [-0.4, -0.2) is 63.6 Å². The number of aromatic amines is 1. The van der Waals surface area contributed by atoms with E-state index in [1.54, 1.807) is 6.20 Å². The average Bonchev–Trinajstić information content (AvgIpc) is 3.36. The molecular weight excluding hydrogens is 486 g/mol. The number of nitrogens with one attached hydrogen (secondary N) is 1. The minimum absolute atomic E-state index is 0.0309. The van der Waals surface area contributed by atoms with Crippen molar-refractivity contribution in [1.82, 2.24) is 20.1 Å². The minimum atomic E-state index is -4.81. The van der Waals surface area contributed by atoms with Gasteiger partial charge in [0.1, 0.15) is 11.9 Å². The lowest BCUT2D eigenvalue weighted by molar-refractivity contribution is -0.274. The summed E-state index contributed by atoms with van der Waals surface area (Å²) in [5, 5.41) is 6.46. The zero-order valence-corrected chi connectivity index (χ0v) is 18.7. The Morgan fingerprint density at radius 2 is 1.94 bits per heavy atom. The Hall–Kier alpha value is -4.16. The number of aromatic nitrogens is 3. The maximum absolute atomic E-state index is 14.9. The van der Waals surface area contributed by atoms with Crippen LogP contribution < -0.4 is 15.2 Å². The number of primary amides is 1. The molecule has 3 aromatic rings. The first-order valence-electron chi connectivity index (χ1n) is 10.8. The van der Waals surface area contributed by atoms with Crippen LogP contribution in [0.1, 0.15) is 22.3 Å². The van der Waals surface area contributed by atoms with Gasteiger partial charge in [0.25, 0.3) is 5.91 Å². The van der Waals surface area contributed by atoms with Crippen LogP contribution in [0.5, 0.6) is 11.5 Å². The Morgan fingerprint density at radius 1 is 1.19 bits per heavy atom. The van der Waals surface area contributed by atoms with E-state index in [9.17, 15) is 27.2 Å². The summed E-state index contributed by atoms with van der Waals surface area (Å²) >= 11 is 0. The number of rotatable bonds is 7. The van der Waals surface area contributed by atoms with Gasteiger partial charge in [0.05, 0.1) is 36.6 Å². The Balaban J connectivity index is 1.36. The predicted molar refractivity (Wildman–Crippen MR) is 118 cm³/mol. The molecule has 9 nitrogen and oxygen atoms in total. The van der Waals surface area contributed by atoms with Crippen molar-refractivity contribution in [1.29, 1.82) is 0 Å². The first kappa shape index (κ1) is 24.9. The number of benzene rings is 1. The quantitative estimate of drug-likeness (QED) is 0.474. The molecule has 1 fully saturated rings. The van der Waals surface area contributed by atoms with Crippen LogP contribution in [-0.2, 0) is 11.2 Å². The summed E-state index contributed by atoms with van der Waals surface area (Å²) in [7, 11) is 0. The number of hydrogen-bond donors (Lipinski definition) is 2. The summed E-state index contributed by atoms with van der Waals surface area (Å²) in [5.41, 5.74) is 7.02. The molecule has 1 saturated heterocycles. The Kier molecular flexibility index (Phi) is 7.08. The van der Waals surface area contributed by atoms with Gasteiger partial charge in [-0.25, -0.2) is 4.39 Å². The van der Waals surface area contributed by atoms with E-state index in [0.717, 1.165) is 12.1 Å². The molecule has 2 aromatic heterocycles. The summed E-state index contributed by atoms with van der Waals surface area (Å²) in [4.78, 5) is 30.1. The average molecular weight is 507 g/mol. The highest BCUT2D eigenvalue weighted by atomic mass is 19.4. The molecule has 0 bridgehead atoms. The van der Waals surface area contributed by atoms with Gasteiger partial charge in [-0.05, 0) is 23.8 Å². The number of nitrogens with two attached hydrogens (primary N) is 1. The molecule has 0 spiro atoms. The van der Waals surface area contributed by atoms with Crippen molar-refractivity contribution in [2.75, 3.05) is 13.1 Å². The lowest BCUT2D eigenvalue weighted by Gasteiger charge is -2.35. The molecule has 0 radical (unpaired) electrons. The Labute approximate surface area is 202 Å². The molecular formula is C23H21F4N5O4. The van der Waals surface area contributed by atoms with Gasteiger partial charge in [0, 0.05) is 24.7 Å². The second-order valence-corrected chi connectivity index (χ2v) is 8.09. The van der Waals surface area contributed by atoms with E-state index in [0.29, 0.717) is 16.8 Å². The van der Waals surface area contributed by atoms with Gasteiger partial charge in [-0.1, -0.05) is 12.1 Å². The third kappa shape index (κ3) is 6.09. The molecule has 3 N–H and O–H groups in total. The molecule has 1 aromatic carbocycles. The highest BCUT2D eigenvalue weighted by Gasteiger charge is 2.34. The standard InChI is InChI=1S/C23H21F4N5O4/c24-17-12-32(21(33)7-13-1-3-15(4-2-13)36-23(25,26)27)6-5-19(17)35-20-11-29-18(8-16(20)22(28)34)14-9-30-31-10-14/h1-4,8-11,17,19H,5-7,12H2,(H2,28,34)(H,30,31). The second kappa shape index (κ2) is 10.2. The number of halogens is 4. The smallest absolute Gasteiger partial charge is 0.485 e. The van der Waals surface area contributed by atoms with Crippen molar-refractivity contribution in [3.63, 3.8) is 0 Å². The molecule has 0 aliphatic carbocycles. The number of hydrogen-bond acceptors (Lipinski definition) is 6. The molecule has 2 unspecified atom stereocenters. The molecule has 3 heterocycles. The topological polar surface area (TPSA) is 123 Å². The summed E-state index contributed by atoms with van der Waals surface area (Å²) in [6.07, 6.45) is -2.88. The summed E-state index contributed by atoms with van der Waals surface area (Å²) < 4.78 is 61.3. The molecule has 4 rings (SSSR count). The van der Waals surface area contributed by atoms with E-state index < -0.39 is 30.3 Å². The molecule has 36 heavy (non-hydrogen) atoms. The van der Waals surface area contributed by atoms with Gasteiger partial charge >= 0.3 is 6.36 Å². The Bertz CT molecular complexity index is 1220. The van der Waals surface area contributed by atoms with E-state index in [1.165, 1.54) is 35.5 Å². The molecule has 0 saturated carbocycles. The van der Waals surface area contributed by atoms with Crippen molar-refractivity contribution in [2.24, 2.45) is 5.73 Å². The van der Waals surface area contributed by atoms with E-state index >= 15 is 0 Å². The number of alkyl halides is 4. The monoisotopic (exact) mass is 507 g/mol. The van der Waals surface area contributed by atoms with E-state index in [4.69, 9.17) is 10.5 Å². The lowest BCUT2D eigenvalue weighted by Crippen LogP contribution is -2.49. The van der Waals surface area contributed by atoms with Gasteiger partial charge in [-0.15, -0.1) is 13.2 Å². The second-order valence-electron chi connectivity index (χ2n) is 8.09. The number of carbonyl (C=O) groups is 2. The number of likely N-dealkylation sites (tertiary alicyclic amines) is 1. The van der Waals surface area contributed by atoms with Gasteiger partial charge in [-0.2, -0.15) is 5.10 Å².